The molecule has 1 fully saturated rings. The molecular weight excluding hydrogens is 793 g/mol. The second kappa shape index (κ2) is 17.5. The number of halogens is 2. The Hall–Kier alpha value is -2.23. The Balaban J connectivity index is 0.000000662. The summed E-state index contributed by atoms with van der Waals surface area (Å²) in [5.41, 5.74) is 1.35. The number of aliphatic hydroxyl groups excluding tert-OH is 1. The minimum atomic E-state index is -4.00. The van der Waals surface area contributed by atoms with Crippen LogP contribution in [0.1, 0.15) is 68.8 Å². The molecule has 276 valence electrons. The smallest absolute Gasteiger partial charge is 0.264 e. The molecular formula is C37H51ClIN3O7S. The SMILES string of the molecule is CNCCO.C[C@@H]1[C@@H](C)C/C=C/[C@](O)(C=O)[C@@H]2CC[C@H]2CN2C[C@@]3(CCCc4cc(Cl)ccc43)COc3ccc(cc32)C(=O)NS1(=O)=O.[3H]CI. The largest absolute Gasteiger partial charge is 0.490 e. The number of amides is 1. The number of alkyl halides is 1. The third-order valence-electron chi connectivity index (χ3n) is 10.7. The van der Waals surface area contributed by atoms with Crippen molar-refractivity contribution in [2.75, 3.05) is 49.7 Å². The van der Waals surface area contributed by atoms with Crippen LogP contribution in [0.25, 0.3) is 0 Å². The van der Waals surface area contributed by atoms with Crippen molar-refractivity contribution in [2.24, 2.45) is 17.8 Å². The minimum Gasteiger partial charge on any atom is -0.490 e. The van der Waals surface area contributed by atoms with E-state index in [2.05, 4.69) is 21.0 Å². The molecule has 10 nitrogen and oxygen atoms in total. The van der Waals surface area contributed by atoms with Gasteiger partial charge in [0, 0.05) is 42.9 Å². The van der Waals surface area contributed by atoms with Gasteiger partial charge in [0.2, 0.25) is 10.0 Å². The molecule has 0 unspecified atom stereocenters. The van der Waals surface area contributed by atoms with Gasteiger partial charge < -0.3 is 25.2 Å². The van der Waals surface area contributed by atoms with Crippen LogP contribution in [0.3, 0.4) is 0 Å². The Morgan fingerprint density at radius 1 is 1.24 bits per heavy atom. The Kier molecular flexibility index (Phi) is 13.7. The van der Waals surface area contributed by atoms with Crippen LogP contribution >= 0.6 is 34.2 Å². The van der Waals surface area contributed by atoms with Crippen LogP contribution in [-0.2, 0) is 26.7 Å². The lowest BCUT2D eigenvalue weighted by atomic mass is 9.64. The van der Waals surface area contributed by atoms with E-state index in [0.717, 1.165) is 25.7 Å². The number of hydrogen-bond donors (Lipinski definition) is 4. The number of aldehydes is 1. The van der Waals surface area contributed by atoms with Gasteiger partial charge in [0.1, 0.15) is 11.4 Å². The highest BCUT2D eigenvalue weighted by molar-refractivity contribution is 14.1. The highest BCUT2D eigenvalue weighted by Crippen LogP contribution is 2.48. The second-order valence-corrected chi connectivity index (χ2v) is 16.3. The average Bonchev–Trinajstić information content (AvgIpc) is 3.23. The van der Waals surface area contributed by atoms with Crippen LogP contribution in [0.5, 0.6) is 5.75 Å². The number of carbonyl (C=O) groups is 2. The predicted molar refractivity (Wildman–Crippen MR) is 207 cm³/mol. The number of carbonyl (C=O) groups excluding carboxylic acids is 2. The first-order chi connectivity index (χ1) is 24.3. The number of sulfonamides is 1. The van der Waals surface area contributed by atoms with Crippen molar-refractivity contribution < 1.29 is 34.3 Å². The number of aliphatic hydroxyl groups is 2. The lowest BCUT2D eigenvalue weighted by Gasteiger charge is -2.47. The predicted octanol–water partition coefficient (Wildman–Crippen LogP) is 5.06. The first-order valence-corrected chi connectivity index (χ1v) is 20.6. The Bertz CT molecular complexity index is 1660. The molecule has 13 heteroatoms. The zero-order valence-corrected chi connectivity index (χ0v) is 32.8. The summed E-state index contributed by atoms with van der Waals surface area (Å²) in [5, 5.41) is 22.1. The van der Waals surface area contributed by atoms with E-state index in [9.17, 15) is 23.1 Å². The number of benzene rings is 2. The number of nitrogens with zero attached hydrogens (tertiary/aromatic N) is 1. The van der Waals surface area contributed by atoms with E-state index in [-0.39, 0.29) is 35.3 Å². The Morgan fingerprint density at radius 3 is 2.64 bits per heavy atom. The van der Waals surface area contributed by atoms with E-state index in [1.54, 1.807) is 45.2 Å². The van der Waals surface area contributed by atoms with Crippen LogP contribution in [0.4, 0.5) is 5.69 Å². The molecule has 1 amide bonds. The van der Waals surface area contributed by atoms with Gasteiger partial charge in [-0.2, -0.15) is 0 Å². The van der Waals surface area contributed by atoms with E-state index < -0.39 is 26.8 Å². The summed E-state index contributed by atoms with van der Waals surface area (Å²) in [4.78, 5) is 28.4. The minimum absolute atomic E-state index is 0.0262. The number of fused-ring (bicyclic) bond motifs is 4. The molecule has 1 spiro atoms. The third-order valence-corrected chi connectivity index (χ3v) is 12.9. The first-order valence-electron chi connectivity index (χ1n) is 17.8. The summed E-state index contributed by atoms with van der Waals surface area (Å²) in [7, 11) is -2.20. The summed E-state index contributed by atoms with van der Waals surface area (Å²) < 4.78 is 41.3. The second-order valence-electron chi connectivity index (χ2n) is 13.9. The van der Waals surface area contributed by atoms with Crippen molar-refractivity contribution >= 4 is 62.1 Å². The number of likely N-dealkylation sites (N-methyl/N-ethyl adjacent to an activating group) is 1. The van der Waals surface area contributed by atoms with Crippen molar-refractivity contribution in [2.45, 2.75) is 68.6 Å². The zero-order chi connectivity index (χ0) is 37.4. The molecule has 6 atom stereocenters. The van der Waals surface area contributed by atoms with Crippen molar-refractivity contribution in [3.05, 3.63) is 70.3 Å². The van der Waals surface area contributed by atoms with Gasteiger partial charge in [-0.05, 0) is 117 Å². The van der Waals surface area contributed by atoms with Gasteiger partial charge in [-0.25, -0.2) is 13.1 Å². The van der Waals surface area contributed by atoms with Crippen LogP contribution < -0.4 is 19.7 Å². The van der Waals surface area contributed by atoms with Crippen LogP contribution in [0, 0.1) is 17.8 Å². The van der Waals surface area contributed by atoms with Gasteiger partial charge in [0.05, 0.1) is 24.2 Å². The van der Waals surface area contributed by atoms with E-state index in [0.29, 0.717) is 66.7 Å². The highest BCUT2D eigenvalue weighted by atomic mass is 127. The van der Waals surface area contributed by atoms with E-state index in [4.69, 9.17) is 22.8 Å². The number of rotatable bonds is 3. The van der Waals surface area contributed by atoms with E-state index in [1.165, 1.54) is 17.2 Å². The fourth-order valence-electron chi connectivity index (χ4n) is 7.55. The van der Waals surface area contributed by atoms with Crippen molar-refractivity contribution in [1.82, 2.24) is 10.0 Å². The van der Waals surface area contributed by atoms with Gasteiger partial charge >= 0.3 is 0 Å². The zero-order valence-electron chi connectivity index (χ0n) is 30.0. The molecule has 2 aromatic carbocycles. The molecule has 2 aromatic rings. The molecule has 2 aliphatic carbocycles. The number of ether oxygens (including phenoxy) is 1. The number of allylic oxidation sites excluding steroid dienone is 1. The Labute approximate surface area is 317 Å². The first kappa shape index (κ1) is 39.0. The molecule has 4 aliphatic rings. The molecule has 0 aromatic heterocycles. The normalized spacial score (nSPS) is 30.8. The molecule has 4 N–H and O–H groups in total. The monoisotopic (exact) mass is 845 g/mol. The summed E-state index contributed by atoms with van der Waals surface area (Å²) in [6.07, 6.45) is 8.57. The summed E-state index contributed by atoms with van der Waals surface area (Å²) in [6.45, 7) is 5.86. The molecule has 6 rings (SSSR count). The fraction of sp³-hybridized carbons (Fsp3) is 0.568. The quantitative estimate of drug-likeness (QED) is 0.144. The van der Waals surface area contributed by atoms with E-state index >= 15 is 0 Å². The van der Waals surface area contributed by atoms with Crippen LogP contribution in [0.15, 0.2) is 48.6 Å². The molecule has 2 heterocycles. The van der Waals surface area contributed by atoms with E-state index in [1.807, 2.05) is 34.7 Å². The molecule has 0 radical (unpaired) electrons. The van der Waals surface area contributed by atoms with Crippen molar-refractivity contribution in [3.63, 3.8) is 0 Å². The van der Waals surface area contributed by atoms with Crippen LogP contribution in [-0.4, -0.2) is 86.5 Å². The summed E-state index contributed by atoms with van der Waals surface area (Å²) in [6, 6.07) is 11.1. The average molecular weight is 846 g/mol. The molecule has 1 saturated carbocycles. The Morgan fingerprint density at radius 2 is 2.00 bits per heavy atom. The standard InChI is InChI=1S/C33H39ClN2O6S.C3H9NO.CH3I/c1-21-5-3-14-33(39,19-37)28-10-7-25(28)17-36-18-32(13-4-6-23-15-26(34)9-11-27(23)32)20-42-30-12-8-24(16-29(30)36)31(38)35-43(40,41)22(21)2;1-4-2-3-5;1-2/h3,8-9,11-12,14-16,19,21-22,25,28,39H,4-7,10,13,17-18,20H2,1-2H3,(H,35,38);4-5H,2-3H2,1H3;1H3/b14-3+;;/t21-,22+,25-,28+,32-,33-;;/m0../s1/i;;1T. The lowest BCUT2D eigenvalue weighted by Crippen LogP contribution is -2.53. The fourth-order valence-corrected chi connectivity index (χ4v) is 9.03. The number of anilines is 1. The number of aryl methyl sites for hydroxylation is 1. The van der Waals surface area contributed by atoms with Gasteiger partial charge in [0.25, 0.3) is 5.91 Å². The maximum absolute atomic E-state index is 13.3. The number of hydrogen-bond acceptors (Lipinski definition) is 9. The van der Waals surface area contributed by atoms with Gasteiger partial charge in [-0.15, -0.1) is 0 Å². The van der Waals surface area contributed by atoms with Gasteiger partial charge in [-0.3, -0.25) is 9.59 Å². The third kappa shape index (κ3) is 8.86. The lowest BCUT2D eigenvalue weighted by molar-refractivity contribution is -0.130. The molecule has 2 aliphatic heterocycles. The van der Waals surface area contributed by atoms with Gasteiger partial charge in [-0.1, -0.05) is 53.3 Å². The maximum Gasteiger partial charge on any atom is 0.264 e. The summed E-state index contributed by atoms with van der Waals surface area (Å²) in [5.74, 6) is -0.681. The summed E-state index contributed by atoms with van der Waals surface area (Å²) >= 11 is 8.33. The molecule has 0 saturated heterocycles. The molecule has 2 bridgehead atoms. The van der Waals surface area contributed by atoms with Crippen LogP contribution in [0.2, 0.25) is 5.02 Å². The highest BCUT2D eigenvalue weighted by Gasteiger charge is 2.48. The number of nitrogens with one attached hydrogen (secondary N) is 2. The molecule has 50 heavy (non-hydrogen) atoms. The topological polar surface area (TPSA) is 145 Å². The maximum atomic E-state index is 13.3. The van der Waals surface area contributed by atoms with Crippen molar-refractivity contribution in [1.29, 1.82) is 0 Å². The van der Waals surface area contributed by atoms with Crippen molar-refractivity contribution in [3.8, 4) is 5.75 Å². The van der Waals surface area contributed by atoms with Gasteiger partial charge in [0.15, 0.2) is 6.29 Å².